The number of furan rings is 1. The van der Waals surface area contributed by atoms with Gasteiger partial charge in [0.1, 0.15) is 12.4 Å². The molecule has 1 aromatic heterocycles. The number of non-ortho nitro benzene ring substituents is 1. The first kappa shape index (κ1) is 14.1. The molecular weight excluding hydrogens is 294 g/mol. The van der Waals surface area contributed by atoms with E-state index in [-0.39, 0.29) is 31.5 Å². The van der Waals surface area contributed by atoms with Crippen molar-refractivity contribution in [3.63, 3.8) is 0 Å². The van der Waals surface area contributed by atoms with Crippen LogP contribution >= 0.6 is 0 Å². The average Bonchev–Trinajstić information content (AvgIpc) is 3.06. The van der Waals surface area contributed by atoms with Crippen molar-refractivity contribution in [3.8, 4) is 5.75 Å². The summed E-state index contributed by atoms with van der Waals surface area (Å²) in [6, 6.07) is 5.73. The molecule has 2 heterocycles. The third-order valence-corrected chi connectivity index (χ3v) is 3.06. The van der Waals surface area contributed by atoms with E-state index in [2.05, 4.69) is 0 Å². The second-order valence-electron chi connectivity index (χ2n) is 4.51. The predicted octanol–water partition coefficient (Wildman–Crippen LogP) is 2.41. The molecule has 114 valence electrons. The van der Waals surface area contributed by atoms with Crippen molar-refractivity contribution < 1.29 is 28.3 Å². The lowest BCUT2D eigenvalue weighted by molar-refractivity contribution is -0.385. The Hall–Kier alpha value is -2.87. The maximum Gasteiger partial charge on any atom is 0.374 e. The largest absolute Gasteiger partial charge is 0.467 e. The Morgan fingerprint density at radius 1 is 1.41 bits per heavy atom. The summed E-state index contributed by atoms with van der Waals surface area (Å²) in [5.41, 5.74) is 0.841. The first-order valence-corrected chi connectivity index (χ1v) is 6.36. The number of nitro groups is 1. The molecule has 22 heavy (non-hydrogen) atoms. The predicted molar refractivity (Wildman–Crippen MR) is 71.2 cm³/mol. The summed E-state index contributed by atoms with van der Waals surface area (Å²) in [4.78, 5) is 22.2. The summed E-state index contributed by atoms with van der Waals surface area (Å²) in [5, 5.41) is 11.0. The number of nitro benzene ring substituents is 1. The van der Waals surface area contributed by atoms with Gasteiger partial charge in [0.2, 0.25) is 5.76 Å². The van der Waals surface area contributed by atoms with Crippen LogP contribution in [0.2, 0.25) is 0 Å². The number of fused-ring (bicyclic) bond motifs is 1. The van der Waals surface area contributed by atoms with E-state index in [4.69, 9.17) is 18.6 Å². The fourth-order valence-corrected chi connectivity index (χ4v) is 2.10. The van der Waals surface area contributed by atoms with E-state index in [1.165, 1.54) is 24.5 Å². The highest BCUT2D eigenvalue weighted by Crippen LogP contribution is 2.33. The molecule has 0 saturated heterocycles. The SMILES string of the molecule is O=C(OCc1cc([N+](=O)[O-])cc2c1OCOC2)c1ccco1. The van der Waals surface area contributed by atoms with Crippen LogP contribution in [0.15, 0.2) is 34.9 Å². The van der Waals surface area contributed by atoms with Gasteiger partial charge in [-0.2, -0.15) is 0 Å². The summed E-state index contributed by atoms with van der Waals surface area (Å²) >= 11 is 0. The van der Waals surface area contributed by atoms with Crippen molar-refractivity contribution in [2.45, 2.75) is 13.2 Å². The Bertz CT molecular complexity index is 708. The van der Waals surface area contributed by atoms with E-state index in [0.29, 0.717) is 16.9 Å². The average molecular weight is 305 g/mol. The summed E-state index contributed by atoms with van der Waals surface area (Å²) in [7, 11) is 0. The second kappa shape index (κ2) is 5.86. The number of esters is 1. The summed E-state index contributed by atoms with van der Waals surface area (Å²) in [6.07, 6.45) is 1.35. The second-order valence-corrected chi connectivity index (χ2v) is 4.51. The van der Waals surface area contributed by atoms with Crippen LogP contribution in [0.25, 0.3) is 0 Å². The maximum absolute atomic E-state index is 11.8. The first-order chi connectivity index (χ1) is 10.6. The molecule has 8 heteroatoms. The summed E-state index contributed by atoms with van der Waals surface area (Å²) in [5.74, 6) is -0.148. The number of benzene rings is 1. The Morgan fingerprint density at radius 2 is 2.27 bits per heavy atom. The minimum atomic E-state index is -0.655. The zero-order valence-corrected chi connectivity index (χ0v) is 11.3. The Morgan fingerprint density at radius 3 is 3.00 bits per heavy atom. The van der Waals surface area contributed by atoms with Crippen LogP contribution in [-0.2, 0) is 22.7 Å². The Labute approximate surface area is 124 Å². The van der Waals surface area contributed by atoms with Crippen molar-refractivity contribution >= 4 is 11.7 Å². The normalized spacial score (nSPS) is 13.1. The van der Waals surface area contributed by atoms with E-state index in [1.807, 2.05) is 0 Å². The van der Waals surface area contributed by atoms with Gasteiger partial charge in [0, 0.05) is 23.3 Å². The van der Waals surface area contributed by atoms with Gasteiger partial charge in [-0.1, -0.05) is 0 Å². The molecule has 8 nitrogen and oxygen atoms in total. The highest BCUT2D eigenvalue weighted by molar-refractivity contribution is 5.86. The number of hydrogen-bond donors (Lipinski definition) is 0. The van der Waals surface area contributed by atoms with Crippen LogP contribution in [0.5, 0.6) is 5.75 Å². The van der Waals surface area contributed by atoms with Crippen molar-refractivity contribution in [2.75, 3.05) is 6.79 Å². The topological polar surface area (TPSA) is 101 Å². The van der Waals surface area contributed by atoms with Gasteiger partial charge in [-0.05, 0) is 12.1 Å². The number of nitrogens with zero attached hydrogens (tertiary/aromatic N) is 1. The lowest BCUT2D eigenvalue weighted by atomic mass is 10.1. The van der Waals surface area contributed by atoms with Gasteiger partial charge in [0.05, 0.1) is 17.8 Å². The van der Waals surface area contributed by atoms with Crippen molar-refractivity contribution in [3.05, 3.63) is 57.5 Å². The summed E-state index contributed by atoms with van der Waals surface area (Å²) in [6.45, 7) is 0.0869. The quantitative estimate of drug-likeness (QED) is 0.485. The third-order valence-electron chi connectivity index (χ3n) is 3.06. The van der Waals surface area contributed by atoms with Gasteiger partial charge in [-0.15, -0.1) is 0 Å². The molecular formula is C14H11NO7. The molecule has 1 aliphatic heterocycles. The number of ether oxygens (including phenoxy) is 3. The Balaban J connectivity index is 1.84. The standard InChI is InChI=1S/C14H11NO7/c16-14(12-2-1-3-20-12)21-7-10-5-11(15(17)18)4-9-6-19-8-22-13(9)10/h1-5H,6-8H2. The van der Waals surface area contributed by atoms with Crippen molar-refractivity contribution in [2.24, 2.45) is 0 Å². The van der Waals surface area contributed by atoms with Gasteiger partial charge >= 0.3 is 5.97 Å². The molecule has 0 spiro atoms. The van der Waals surface area contributed by atoms with E-state index >= 15 is 0 Å². The van der Waals surface area contributed by atoms with E-state index in [1.54, 1.807) is 6.07 Å². The third kappa shape index (κ3) is 2.77. The number of carbonyl (C=O) groups is 1. The van der Waals surface area contributed by atoms with Crippen molar-refractivity contribution in [1.29, 1.82) is 0 Å². The van der Waals surface area contributed by atoms with Crippen LogP contribution in [0.1, 0.15) is 21.7 Å². The monoisotopic (exact) mass is 305 g/mol. The molecule has 0 bridgehead atoms. The molecule has 0 saturated carbocycles. The molecule has 0 N–H and O–H groups in total. The zero-order valence-electron chi connectivity index (χ0n) is 11.3. The van der Waals surface area contributed by atoms with Crippen LogP contribution < -0.4 is 4.74 Å². The van der Waals surface area contributed by atoms with E-state index in [9.17, 15) is 14.9 Å². The number of carbonyl (C=O) groups excluding carboxylic acids is 1. The summed E-state index contributed by atoms with van der Waals surface area (Å²) < 4.78 is 20.5. The van der Waals surface area contributed by atoms with Crippen LogP contribution in [-0.4, -0.2) is 17.7 Å². The fourth-order valence-electron chi connectivity index (χ4n) is 2.10. The van der Waals surface area contributed by atoms with Gasteiger partial charge in [0.15, 0.2) is 6.79 Å². The lowest BCUT2D eigenvalue weighted by Crippen LogP contribution is -2.14. The van der Waals surface area contributed by atoms with E-state index < -0.39 is 10.9 Å². The van der Waals surface area contributed by atoms with Gasteiger partial charge in [0.25, 0.3) is 5.69 Å². The number of hydrogen-bond acceptors (Lipinski definition) is 7. The van der Waals surface area contributed by atoms with Crippen LogP contribution in [0.4, 0.5) is 5.69 Å². The van der Waals surface area contributed by atoms with Crippen LogP contribution in [0.3, 0.4) is 0 Å². The molecule has 0 atom stereocenters. The lowest BCUT2D eigenvalue weighted by Gasteiger charge is -2.20. The fraction of sp³-hybridized carbons (Fsp3) is 0.214. The first-order valence-electron chi connectivity index (χ1n) is 6.36. The maximum atomic E-state index is 11.8. The highest BCUT2D eigenvalue weighted by Gasteiger charge is 2.22. The number of rotatable bonds is 4. The minimum Gasteiger partial charge on any atom is -0.467 e. The van der Waals surface area contributed by atoms with Crippen molar-refractivity contribution in [1.82, 2.24) is 0 Å². The molecule has 1 aromatic carbocycles. The zero-order chi connectivity index (χ0) is 15.5. The van der Waals surface area contributed by atoms with Gasteiger partial charge in [-0.25, -0.2) is 4.79 Å². The molecule has 0 unspecified atom stereocenters. The molecule has 0 fully saturated rings. The highest BCUT2D eigenvalue weighted by atomic mass is 16.7. The Kier molecular flexibility index (Phi) is 3.75. The molecule has 0 aliphatic carbocycles. The molecule has 0 amide bonds. The molecule has 2 aromatic rings. The molecule has 0 radical (unpaired) electrons. The molecule has 1 aliphatic rings. The van der Waals surface area contributed by atoms with Crippen LogP contribution in [0, 0.1) is 10.1 Å². The van der Waals surface area contributed by atoms with E-state index in [0.717, 1.165) is 0 Å². The van der Waals surface area contributed by atoms with Gasteiger partial charge in [-0.3, -0.25) is 10.1 Å². The minimum absolute atomic E-state index is 0.0456. The molecule has 3 rings (SSSR count). The smallest absolute Gasteiger partial charge is 0.374 e. The van der Waals surface area contributed by atoms with Gasteiger partial charge < -0.3 is 18.6 Å².